The van der Waals surface area contributed by atoms with Gasteiger partial charge in [0.1, 0.15) is 12.7 Å². The van der Waals surface area contributed by atoms with Gasteiger partial charge in [0.15, 0.2) is 11.5 Å². The zero-order chi connectivity index (χ0) is 9.42. The summed E-state index contributed by atoms with van der Waals surface area (Å²) in [5, 5.41) is 0. The standard InChI is InChI=1S/C9H12N2O2/c1-5-4-12-8-6(10)2-3-7(11)9(8)13-5/h2-3,5H,4,10-11H2,1H3. The highest BCUT2D eigenvalue weighted by Crippen LogP contribution is 2.41. The van der Waals surface area contributed by atoms with Crippen LogP contribution >= 0.6 is 0 Å². The minimum Gasteiger partial charge on any atom is -0.484 e. The first-order valence-electron chi connectivity index (χ1n) is 4.16. The molecule has 0 aromatic heterocycles. The van der Waals surface area contributed by atoms with E-state index in [1.54, 1.807) is 12.1 Å². The van der Waals surface area contributed by atoms with E-state index in [2.05, 4.69) is 0 Å². The number of ether oxygens (including phenoxy) is 2. The van der Waals surface area contributed by atoms with Crippen LogP contribution < -0.4 is 20.9 Å². The Morgan fingerprint density at radius 1 is 1.23 bits per heavy atom. The third-order valence-electron chi connectivity index (χ3n) is 1.95. The van der Waals surface area contributed by atoms with Crippen LogP contribution in [0.2, 0.25) is 0 Å². The summed E-state index contributed by atoms with van der Waals surface area (Å²) in [5.41, 5.74) is 12.5. The van der Waals surface area contributed by atoms with Crippen LogP contribution in [0.15, 0.2) is 12.1 Å². The molecule has 0 fully saturated rings. The molecular formula is C9H12N2O2. The maximum atomic E-state index is 5.71. The first-order valence-corrected chi connectivity index (χ1v) is 4.16. The fourth-order valence-corrected chi connectivity index (χ4v) is 1.30. The molecule has 0 amide bonds. The van der Waals surface area contributed by atoms with Crippen LogP contribution in [0.4, 0.5) is 11.4 Å². The maximum absolute atomic E-state index is 5.71. The first-order chi connectivity index (χ1) is 6.18. The normalized spacial score (nSPS) is 19.9. The average molecular weight is 180 g/mol. The van der Waals surface area contributed by atoms with Crippen molar-refractivity contribution in [2.75, 3.05) is 18.1 Å². The topological polar surface area (TPSA) is 70.5 Å². The number of hydrogen-bond donors (Lipinski definition) is 2. The molecule has 4 heteroatoms. The lowest BCUT2D eigenvalue weighted by Crippen LogP contribution is -2.26. The SMILES string of the molecule is CC1COc2c(N)ccc(N)c2O1. The van der Waals surface area contributed by atoms with Crippen LogP contribution in [0.5, 0.6) is 11.5 Å². The Hall–Kier alpha value is -1.58. The van der Waals surface area contributed by atoms with Gasteiger partial charge in [0.2, 0.25) is 0 Å². The zero-order valence-corrected chi connectivity index (χ0v) is 7.41. The van der Waals surface area contributed by atoms with Gasteiger partial charge in [0.25, 0.3) is 0 Å². The Kier molecular flexibility index (Phi) is 1.69. The van der Waals surface area contributed by atoms with E-state index in [1.165, 1.54) is 0 Å². The van der Waals surface area contributed by atoms with E-state index in [4.69, 9.17) is 20.9 Å². The minimum atomic E-state index is 0.0246. The van der Waals surface area contributed by atoms with E-state index < -0.39 is 0 Å². The molecular weight excluding hydrogens is 168 g/mol. The molecule has 4 nitrogen and oxygen atoms in total. The predicted molar refractivity (Wildman–Crippen MR) is 50.9 cm³/mol. The number of hydrogen-bond acceptors (Lipinski definition) is 4. The molecule has 0 bridgehead atoms. The first kappa shape index (κ1) is 8.04. The minimum absolute atomic E-state index is 0.0246. The number of nitrogen functional groups attached to an aromatic ring is 2. The van der Waals surface area contributed by atoms with Crippen molar-refractivity contribution in [2.45, 2.75) is 13.0 Å². The smallest absolute Gasteiger partial charge is 0.186 e. The van der Waals surface area contributed by atoms with Crippen molar-refractivity contribution >= 4 is 11.4 Å². The third kappa shape index (κ3) is 1.24. The van der Waals surface area contributed by atoms with Gasteiger partial charge in [-0.15, -0.1) is 0 Å². The molecule has 0 radical (unpaired) electrons. The molecule has 4 N–H and O–H groups in total. The van der Waals surface area contributed by atoms with Gasteiger partial charge in [-0.3, -0.25) is 0 Å². The van der Waals surface area contributed by atoms with E-state index in [9.17, 15) is 0 Å². The van der Waals surface area contributed by atoms with Crippen molar-refractivity contribution in [3.05, 3.63) is 12.1 Å². The van der Waals surface area contributed by atoms with Crippen molar-refractivity contribution in [2.24, 2.45) is 0 Å². The summed E-state index contributed by atoms with van der Waals surface area (Å²) in [4.78, 5) is 0. The van der Waals surface area contributed by atoms with Crippen molar-refractivity contribution < 1.29 is 9.47 Å². The molecule has 1 atom stereocenters. The van der Waals surface area contributed by atoms with Gasteiger partial charge in [-0.05, 0) is 19.1 Å². The molecule has 0 aliphatic carbocycles. The molecule has 2 rings (SSSR count). The molecule has 1 aromatic rings. The second kappa shape index (κ2) is 2.73. The van der Waals surface area contributed by atoms with E-state index in [0.29, 0.717) is 29.5 Å². The van der Waals surface area contributed by atoms with E-state index in [-0.39, 0.29) is 6.10 Å². The summed E-state index contributed by atoms with van der Waals surface area (Å²) in [6, 6.07) is 3.43. The average Bonchev–Trinajstić information content (AvgIpc) is 2.12. The van der Waals surface area contributed by atoms with Crippen LogP contribution in [-0.2, 0) is 0 Å². The zero-order valence-electron chi connectivity index (χ0n) is 7.41. The summed E-state index contributed by atoms with van der Waals surface area (Å²) in [6.07, 6.45) is 0.0246. The Bertz CT molecular complexity index is 339. The number of fused-ring (bicyclic) bond motifs is 1. The van der Waals surface area contributed by atoms with Crippen LogP contribution in [0.3, 0.4) is 0 Å². The van der Waals surface area contributed by atoms with E-state index in [0.717, 1.165) is 0 Å². The molecule has 70 valence electrons. The summed E-state index contributed by atoms with van der Waals surface area (Å²) in [7, 11) is 0. The summed E-state index contributed by atoms with van der Waals surface area (Å²) in [5.74, 6) is 1.14. The third-order valence-corrected chi connectivity index (χ3v) is 1.95. The van der Waals surface area contributed by atoms with Gasteiger partial charge in [-0.2, -0.15) is 0 Å². The molecule has 13 heavy (non-hydrogen) atoms. The van der Waals surface area contributed by atoms with Crippen LogP contribution in [0, 0.1) is 0 Å². The molecule has 1 heterocycles. The van der Waals surface area contributed by atoms with Gasteiger partial charge < -0.3 is 20.9 Å². The second-order valence-corrected chi connectivity index (χ2v) is 3.14. The molecule has 0 saturated carbocycles. The quantitative estimate of drug-likeness (QED) is 0.584. The summed E-state index contributed by atoms with van der Waals surface area (Å²) < 4.78 is 10.9. The second-order valence-electron chi connectivity index (χ2n) is 3.14. The Labute approximate surface area is 76.4 Å². The number of rotatable bonds is 0. The highest BCUT2D eigenvalue weighted by molar-refractivity contribution is 5.71. The van der Waals surface area contributed by atoms with Crippen molar-refractivity contribution in [1.82, 2.24) is 0 Å². The van der Waals surface area contributed by atoms with Crippen LogP contribution in [0.25, 0.3) is 0 Å². The molecule has 1 aliphatic rings. The van der Waals surface area contributed by atoms with Crippen molar-refractivity contribution in [3.63, 3.8) is 0 Å². The predicted octanol–water partition coefficient (Wildman–Crippen LogP) is 1.01. The lowest BCUT2D eigenvalue weighted by Gasteiger charge is -2.25. The fourth-order valence-electron chi connectivity index (χ4n) is 1.30. The summed E-state index contributed by atoms with van der Waals surface area (Å²) >= 11 is 0. The highest BCUT2D eigenvalue weighted by Gasteiger charge is 2.21. The van der Waals surface area contributed by atoms with E-state index in [1.807, 2.05) is 6.92 Å². The molecule has 0 saturated heterocycles. The van der Waals surface area contributed by atoms with Crippen molar-refractivity contribution in [3.8, 4) is 11.5 Å². The lowest BCUT2D eigenvalue weighted by atomic mass is 10.2. The Morgan fingerprint density at radius 2 is 1.85 bits per heavy atom. The Balaban J connectivity index is 2.51. The molecule has 0 spiro atoms. The number of benzene rings is 1. The van der Waals surface area contributed by atoms with Crippen LogP contribution in [-0.4, -0.2) is 12.7 Å². The molecule has 1 aromatic carbocycles. The molecule has 1 aliphatic heterocycles. The van der Waals surface area contributed by atoms with Gasteiger partial charge in [0, 0.05) is 0 Å². The fraction of sp³-hybridized carbons (Fsp3) is 0.333. The van der Waals surface area contributed by atoms with Gasteiger partial charge in [-0.1, -0.05) is 0 Å². The van der Waals surface area contributed by atoms with Gasteiger partial charge in [0.05, 0.1) is 11.4 Å². The lowest BCUT2D eigenvalue weighted by molar-refractivity contribution is 0.106. The van der Waals surface area contributed by atoms with Crippen LogP contribution in [0.1, 0.15) is 6.92 Å². The monoisotopic (exact) mass is 180 g/mol. The maximum Gasteiger partial charge on any atom is 0.186 e. The Morgan fingerprint density at radius 3 is 2.54 bits per heavy atom. The largest absolute Gasteiger partial charge is 0.484 e. The molecule has 1 unspecified atom stereocenters. The number of nitrogens with two attached hydrogens (primary N) is 2. The van der Waals surface area contributed by atoms with Crippen molar-refractivity contribution in [1.29, 1.82) is 0 Å². The van der Waals surface area contributed by atoms with Gasteiger partial charge in [-0.25, -0.2) is 0 Å². The van der Waals surface area contributed by atoms with E-state index >= 15 is 0 Å². The summed E-state index contributed by atoms with van der Waals surface area (Å²) in [6.45, 7) is 2.44. The highest BCUT2D eigenvalue weighted by atomic mass is 16.6. The van der Waals surface area contributed by atoms with Gasteiger partial charge >= 0.3 is 0 Å². The number of anilines is 2.